The van der Waals surface area contributed by atoms with Crippen LogP contribution in [-0.4, -0.2) is 31.4 Å². The van der Waals surface area contributed by atoms with Crippen molar-refractivity contribution in [2.75, 3.05) is 11.1 Å². The molecular weight excluding hydrogens is 370 g/mol. The topological polar surface area (TPSA) is 72.7 Å². The lowest BCUT2D eigenvalue weighted by molar-refractivity contribution is -0.113. The number of anilines is 1. The van der Waals surface area contributed by atoms with Gasteiger partial charge in [0.15, 0.2) is 10.3 Å². The first kappa shape index (κ1) is 18.4. The van der Waals surface area contributed by atoms with Crippen molar-refractivity contribution >= 4 is 35.0 Å². The molecule has 6 nitrogen and oxygen atoms in total. The second kappa shape index (κ2) is 8.82. The SMILES string of the molecule is Cn1c(CCc2ccccc2)nnc1SCC(=O)Nc1cccnc1Cl. The molecule has 0 fully saturated rings. The van der Waals surface area contributed by atoms with Crippen LogP contribution in [0.4, 0.5) is 5.69 Å². The summed E-state index contributed by atoms with van der Waals surface area (Å²) in [5, 5.41) is 12.1. The maximum absolute atomic E-state index is 12.1. The lowest BCUT2D eigenvalue weighted by Crippen LogP contribution is -2.15. The van der Waals surface area contributed by atoms with Crippen molar-refractivity contribution in [1.29, 1.82) is 0 Å². The quantitative estimate of drug-likeness (QED) is 0.497. The highest BCUT2D eigenvalue weighted by Gasteiger charge is 2.12. The molecule has 2 aromatic heterocycles. The van der Waals surface area contributed by atoms with Gasteiger partial charge in [0, 0.05) is 19.7 Å². The predicted octanol–water partition coefficient (Wildman–Crippen LogP) is 3.38. The zero-order chi connectivity index (χ0) is 18.4. The Morgan fingerprint density at radius 1 is 1.15 bits per heavy atom. The third-order valence-corrected chi connectivity index (χ3v) is 5.09. The lowest BCUT2D eigenvalue weighted by atomic mass is 10.1. The van der Waals surface area contributed by atoms with E-state index in [-0.39, 0.29) is 16.8 Å². The summed E-state index contributed by atoms with van der Waals surface area (Å²) < 4.78 is 1.93. The Bertz CT molecular complexity index is 884. The van der Waals surface area contributed by atoms with Gasteiger partial charge < -0.3 is 9.88 Å². The summed E-state index contributed by atoms with van der Waals surface area (Å²) in [5.74, 6) is 0.946. The maximum Gasteiger partial charge on any atom is 0.234 e. The summed E-state index contributed by atoms with van der Waals surface area (Å²) in [6, 6.07) is 13.7. The van der Waals surface area contributed by atoms with Gasteiger partial charge >= 0.3 is 0 Å². The van der Waals surface area contributed by atoms with Crippen molar-refractivity contribution in [3.8, 4) is 0 Å². The molecule has 0 bridgehead atoms. The van der Waals surface area contributed by atoms with E-state index in [9.17, 15) is 4.79 Å². The molecule has 3 aromatic rings. The van der Waals surface area contributed by atoms with Crippen molar-refractivity contribution in [3.05, 3.63) is 65.2 Å². The van der Waals surface area contributed by atoms with Crippen molar-refractivity contribution in [2.24, 2.45) is 7.05 Å². The molecule has 3 rings (SSSR count). The summed E-state index contributed by atoms with van der Waals surface area (Å²) >= 11 is 7.28. The van der Waals surface area contributed by atoms with E-state index in [4.69, 9.17) is 11.6 Å². The first-order valence-corrected chi connectivity index (χ1v) is 9.45. The van der Waals surface area contributed by atoms with E-state index in [1.54, 1.807) is 18.3 Å². The first-order chi connectivity index (χ1) is 12.6. The van der Waals surface area contributed by atoms with E-state index in [0.29, 0.717) is 10.8 Å². The average Bonchev–Trinajstić information content (AvgIpc) is 3.01. The van der Waals surface area contributed by atoms with Gasteiger partial charge in [-0.1, -0.05) is 53.7 Å². The molecule has 0 aliphatic carbocycles. The van der Waals surface area contributed by atoms with Crippen molar-refractivity contribution in [2.45, 2.75) is 18.0 Å². The van der Waals surface area contributed by atoms with E-state index in [0.717, 1.165) is 18.7 Å². The molecule has 0 saturated carbocycles. The molecule has 1 aromatic carbocycles. The number of hydrogen-bond donors (Lipinski definition) is 1. The van der Waals surface area contributed by atoms with Crippen LogP contribution in [0.1, 0.15) is 11.4 Å². The molecule has 0 spiro atoms. The molecular formula is C18H18ClN5OS. The third-order valence-electron chi connectivity index (χ3n) is 3.77. The summed E-state index contributed by atoms with van der Waals surface area (Å²) in [6.45, 7) is 0. The Hall–Kier alpha value is -2.38. The minimum Gasteiger partial charge on any atom is -0.323 e. The second-order valence-electron chi connectivity index (χ2n) is 5.62. The summed E-state index contributed by atoms with van der Waals surface area (Å²) in [4.78, 5) is 16.0. The summed E-state index contributed by atoms with van der Waals surface area (Å²) in [7, 11) is 1.92. The van der Waals surface area contributed by atoms with Crippen LogP contribution in [0.2, 0.25) is 5.15 Å². The number of pyridine rings is 1. The number of amides is 1. The smallest absolute Gasteiger partial charge is 0.234 e. The number of benzene rings is 1. The molecule has 1 N–H and O–H groups in total. The van der Waals surface area contributed by atoms with Crippen LogP contribution in [-0.2, 0) is 24.7 Å². The van der Waals surface area contributed by atoms with Crippen molar-refractivity contribution in [3.63, 3.8) is 0 Å². The van der Waals surface area contributed by atoms with Gasteiger partial charge in [0.05, 0.1) is 11.4 Å². The van der Waals surface area contributed by atoms with Gasteiger partial charge in [-0.05, 0) is 24.1 Å². The third kappa shape index (κ3) is 4.83. The van der Waals surface area contributed by atoms with Crippen LogP contribution < -0.4 is 5.32 Å². The van der Waals surface area contributed by atoms with E-state index < -0.39 is 0 Å². The number of carbonyl (C=O) groups is 1. The molecule has 0 saturated heterocycles. The number of thioether (sulfide) groups is 1. The molecule has 0 unspecified atom stereocenters. The highest BCUT2D eigenvalue weighted by Crippen LogP contribution is 2.20. The molecule has 0 aliphatic heterocycles. The van der Waals surface area contributed by atoms with Crippen LogP contribution >= 0.6 is 23.4 Å². The lowest BCUT2D eigenvalue weighted by Gasteiger charge is -2.06. The molecule has 8 heteroatoms. The fraction of sp³-hybridized carbons (Fsp3) is 0.222. The molecule has 26 heavy (non-hydrogen) atoms. The van der Waals surface area contributed by atoms with E-state index >= 15 is 0 Å². The number of aryl methyl sites for hydroxylation is 2. The molecule has 2 heterocycles. The number of hydrogen-bond acceptors (Lipinski definition) is 5. The Morgan fingerprint density at radius 3 is 2.73 bits per heavy atom. The number of carbonyl (C=O) groups excluding carboxylic acids is 1. The van der Waals surface area contributed by atoms with Gasteiger partial charge in [-0.25, -0.2) is 4.98 Å². The number of aromatic nitrogens is 4. The number of halogens is 1. The van der Waals surface area contributed by atoms with Crippen LogP contribution in [0, 0.1) is 0 Å². The normalized spacial score (nSPS) is 10.7. The summed E-state index contributed by atoms with van der Waals surface area (Å²) in [5.41, 5.74) is 1.76. The molecule has 134 valence electrons. The van der Waals surface area contributed by atoms with Crippen LogP contribution in [0.3, 0.4) is 0 Å². The Kier molecular flexibility index (Phi) is 6.25. The zero-order valence-electron chi connectivity index (χ0n) is 14.2. The van der Waals surface area contributed by atoms with Crippen LogP contribution in [0.5, 0.6) is 0 Å². The number of rotatable bonds is 7. The van der Waals surface area contributed by atoms with Gasteiger partial charge in [0.2, 0.25) is 5.91 Å². The fourth-order valence-corrected chi connectivity index (χ4v) is 3.28. The standard InChI is InChI=1S/C18H18ClN5OS/c1-24-15(10-9-13-6-3-2-4-7-13)22-23-18(24)26-12-16(25)21-14-8-5-11-20-17(14)19/h2-8,11H,9-10,12H2,1H3,(H,21,25). The van der Waals surface area contributed by atoms with Gasteiger partial charge in [0.1, 0.15) is 5.82 Å². The molecule has 0 aliphatic rings. The minimum absolute atomic E-state index is 0.168. The maximum atomic E-state index is 12.1. The van der Waals surface area contributed by atoms with Crippen molar-refractivity contribution < 1.29 is 4.79 Å². The molecule has 0 atom stereocenters. The Labute approximate surface area is 161 Å². The largest absolute Gasteiger partial charge is 0.323 e. The first-order valence-electron chi connectivity index (χ1n) is 8.09. The monoisotopic (exact) mass is 387 g/mol. The number of nitrogens with one attached hydrogen (secondary N) is 1. The number of nitrogens with zero attached hydrogens (tertiary/aromatic N) is 4. The van der Waals surface area contributed by atoms with Crippen molar-refractivity contribution in [1.82, 2.24) is 19.7 Å². The summed E-state index contributed by atoms with van der Waals surface area (Å²) in [6.07, 6.45) is 3.27. The van der Waals surface area contributed by atoms with Gasteiger partial charge in [0.25, 0.3) is 0 Å². The van der Waals surface area contributed by atoms with Crippen LogP contribution in [0.15, 0.2) is 53.8 Å². The highest BCUT2D eigenvalue weighted by atomic mass is 35.5. The Balaban J connectivity index is 1.53. The second-order valence-corrected chi connectivity index (χ2v) is 6.92. The van der Waals surface area contributed by atoms with E-state index in [2.05, 4.69) is 32.6 Å². The fourth-order valence-electron chi connectivity index (χ4n) is 2.38. The van der Waals surface area contributed by atoms with Crippen LogP contribution in [0.25, 0.3) is 0 Å². The minimum atomic E-state index is -0.168. The van der Waals surface area contributed by atoms with Gasteiger partial charge in [-0.3, -0.25) is 4.79 Å². The van der Waals surface area contributed by atoms with E-state index in [1.165, 1.54) is 17.3 Å². The van der Waals surface area contributed by atoms with Gasteiger partial charge in [-0.15, -0.1) is 10.2 Å². The average molecular weight is 388 g/mol. The van der Waals surface area contributed by atoms with Gasteiger partial charge in [-0.2, -0.15) is 0 Å². The Morgan fingerprint density at radius 2 is 1.96 bits per heavy atom. The van der Waals surface area contributed by atoms with E-state index in [1.807, 2.05) is 29.8 Å². The molecule has 1 amide bonds. The molecule has 0 radical (unpaired) electrons. The highest BCUT2D eigenvalue weighted by molar-refractivity contribution is 7.99. The zero-order valence-corrected chi connectivity index (χ0v) is 15.8. The predicted molar refractivity (Wildman–Crippen MR) is 103 cm³/mol.